The van der Waals surface area contributed by atoms with E-state index in [1.807, 2.05) is 11.3 Å². The molecule has 1 saturated carbocycles. The number of fused-ring (bicyclic) bond motifs is 1. The minimum atomic E-state index is -0.207. The first kappa shape index (κ1) is 12.2. The Labute approximate surface area is 112 Å². The maximum absolute atomic E-state index is 12.7. The predicted octanol–water partition coefficient (Wildman–Crippen LogP) is 2.32. The van der Waals surface area contributed by atoms with Crippen molar-refractivity contribution in [1.29, 1.82) is 0 Å². The Morgan fingerprint density at radius 3 is 3.00 bits per heavy atom. The zero-order valence-corrected chi connectivity index (χ0v) is 11.6. The molecule has 0 radical (unpaired) electrons. The van der Waals surface area contributed by atoms with Crippen LogP contribution < -0.4 is 5.73 Å². The number of thiophene rings is 1. The summed E-state index contributed by atoms with van der Waals surface area (Å²) in [5.41, 5.74) is 6.96. The van der Waals surface area contributed by atoms with Crippen molar-refractivity contribution in [2.45, 2.75) is 38.6 Å². The summed E-state index contributed by atoms with van der Waals surface area (Å²) in [5.74, 6) is 0.300. The number of rotatable bonds is 3. The Hall–Kier alpha value is -0.870. The van der Waals surface area contributed by atoms with E-state index in [0.29, 0.717) is 12.5 Å². The van der Waals surface area contributed by atoms with E-state index < -0.39 is 0 Å². The molecule has 2 aliphatic rings. The summed E-state index contributed by atoms with van der Waals surface area (Å²) in [5, 5.41) is 2.15. The lowest BCUT2D eigenvalue weighted by atomic mass is 9.95. The molecule has 1 aromatic rings. The molecule has 0 saturated heterocycles. The van der Waals surface area contributed by atoms with E-state index in [0.717, 1.165) is 32.2 Å². The van der Waals surface area contributed by atoms with Gasteiger partial charge in [0.1, 0.15) is 0 Å². The van der Waals surface area contributed by atoms with Crippen LogP contribution in [0.2, 0.25) is 0 Å². The Morgan fingerprint density at radius 1 is 1.61 bits per heavy atom. The summed E-state index contributed by atoms with van der Waals surface area (Å²) in [4.78, 5) is 16.2. The summed E-state index contributed by atoms with van der Waals surface area (Å²) in [6.45, 7) is 3.54. The lowest BCUT2D eigenvalue weighted by Crippen LogP contribution is -2.45. The third-order valence-electron chi connectivity index (χ3n) is 4.44. The minimum absolute atomic E-state index is 0.207. The molecule has 1 fully saturated rings. The number of hydrogen-bond acceptors (Lipinski definition) is 3. The molecule has 0 aromatic carbocycles. The second-order valence-corrected chi connectivity index (χ2v) is 6.46. The van der Waals surface area contributed by atoms with Crippen LogP contribution in [0, 0.1) is 5.41 Å². The average Bonchev–Trinajstić information content (AvgIpc) is 3.06. The Morgan fingerprint density at radius 2 is 2.39 bits per heavy atom. The van der Waals surface area contributed by atoms with E-state index in [2.05, 4.69) is 23.3 Å². The van der Waals surface area contributed by atoms with Crippen LogP contribution in [0.3, 0.4) is 0 Å². The monoisotopic (exact) mass is 264 g/mol. The average molecular weight is 264 g/mol. The van der Waals surface area contributed by atoms with Crippen LogP contribution in [0.4, 0.5) is 0 Å². The largest absolute Gasteiger partial charge is 0.335 e. The van der Waals surface area contributed by atoms with Crippen LogP contribution in [-0.4, -0.2) is 23.9 Å². The van der Waals surface area contributed by atoms with E-state index in [1.165, 1.54) is 10.4 Å². The summed E-state index contributed by atoms with van der Waals surface area (Å²) >= 11 is 1.82. The van der Waals surface area contributed by atoms with Gasteiger partial charge >= 0.3 is 0 Å². The van der Waals surface area contributed by atoms with E-state index in [9.17, 15) is 4.79 Å². The Bertz CT molecular complexity index is 464. The van der Waals surface area contributed by atoms with E-state index in [1.54, 1.807) is 0 Å². The van der Waals surface area contributed by atoms with Gasteiger partial charge in [-0.1, -0.05) is 6.92 Å². The molecular weight excluding hydrogens is 244 g/mol. The topological polar surface area (TPSA) is 46.3 Å². The summed E-state index contributed by atoms with van der Waals surface area (Å²) in [6, 6.07) is 2.46. The van der Waals surface area contributed by atoms with Crippen LogP contribution in [0.25, 0.3) is 0 Å². The van der Waals surface area contributed by atoms with Crippen molar-refractivity contribution in [3.05, 3.63) is 21.9 Å². The molecule has 1 aliphatic carbocycles. The number of carbonyl (C=O) groups is 1. The second kappa shape index (κ2) is 4.35. The third kappa shape index (κ3) is 1.70. The van der Waals surface area contributed by atoms with Crippen molar-refractivity contribution in [3.63, 3.8) is 0 Å². The maximum atomic E-state index is 12.7. The first-order valence-electron chi connectivity index (χ1n) is 6.79. The molecule has 1 atom stereocenters. The van der Waals surface area contributed by atoms with Gasteiger partial charge in [-0.2, -0.15) is 0 Å². The third-order valence-corrected chi connectivity index (χ3v) is 5.44. The first-order valence-corrected chi connectivity index (χ1v) is 7.67. The fourth-order valence-electron chi connectivity index (χ4n) is 3.04. The normalized spacial score (nSPS) is 24.8. The van der Waals surface area contributed by atoms with Crippen molar-refractivity contribution in [2.24, 2.45) is 11.1 Å². The lowest BCUT2D eigenvalue weighted by molar-refractivity contribution is -0.139. The number of carbonyl (C=O) groups excluding carboxylic acids is 1. The highest BCUT2D eigenvalue weighted by Crippen LogP contribution is 2.48. The van der Waals surface area contributed by atoms with Crippen molar-refractivity contribution in [1.82, 2.24) is 4.90 Å². The molecule has 3 nitrogen and oxygen atoms in total. The van der Waals surface area contributed by atoms with Crippen molar-refractivity contribution >= 4 is 17.2 Å². The molecule has 2 heterocycles. The molecule has 0 bridgehead atoms. The van der Waals surface area contributed by atoms with Crippen molar-refractivity contribution in [3.8, 4) is 0 Å². The Kier molecular flexibility index (Phi) is 2.94. The quantitative estimate of drug-likeness (QED) is 0.910. The molecule has 98 valence electrons. The molecule has 1 aliphatic heterocycles. The fourth-order valence-corrected chi connectivity index (χ4v) is 3.97. The number of nitrogens with zero attached hydrogens (tertiary/aromatic N) is 1. The van der Waals surface area contributed by atoms with Gasteiger partial charge in [0.05, 0.1) is 11.5 Å². The summed E-state index contributed by atoms with van der Waals surface area (Å²) < 4.78 is 0. The first-order chi connectivity index (χ1) is 8.72. The van der Waals surface area contributed by atoms with Crippen LogP contribution in [-0.2, 0) is 11.2 Å². The van der Waals surface area contributed by atoms with Gasteiger partial charge in [0, 0.05) is 18.0 Å². The van der Waals surface area contributed by atoms with Gasteiger partial charge in [-0.05, 0) is 42.7 Å². The standard InChI is InChI=1S/C14H20N2OS/c1-2-11-10-4-8-18-12(10)3-7-16(11)13(17)14(9-15)5-6-14/h4,8,11H,2-3,5-7,9,15H2,1H3. The molecule has 0 spiro atoms. The van der Waals surface area contributed by atoms with Crippen LogP contribution in [0.5, 0.6) is 0 Å². The maximum Gasteiger partial charge on any atom is 0.230 e. The van der Waals surface area contributed by atoms with Crippen LogP contribution >= 0.6 is 11.3 Å². The molecule has 1 unspecified atom stereocenters. The molecule has 2 N–H and O–H groups in total. The van der Waals surface area contributed by atoms with Gasteiger partial charge in [0.25, 0.3) is 0 Å². The van der Waals surface area contributed by atoms with Crippen LogP contribution in [0.15, 0.2) is 11.4 Å². The number of nitrogens with two attached hydrogens (primary N) is 1. The van der Waals surface area contributed by atoms with Gasteiger partial charge in [-0.25, -0.2) is 0 Å². The van der Waals surface area contributed by atoms with Crippen molar-refractivity contribution < 1.29 is 4.79 Å². The molecule has 1 aromatic heterocycles. The predicted molar refractivity (Wildman–Crippen MR) is 73.5 cm³/mol. The van der Waals surface area contributed by atoms with Gasteiger partial charge in [0.2, 0.25) is 5.91 Å². The zero-order chi connectivity index (χ0) is 12.8. The minimum Gasteiger partial charge on any atom is -0.335 e. The highest BCUT2D eigenvalue weighted by atomic mass is 32.1. The van der Waals surface area contributed by atoms with E-state index in [-0.39, 0.29) is 11.5 Å². The number of amides is 1. The second-order valence-electron chi connectivity index (χ2n) is 5.46. The van der Waals surface area contributed by atoms with Gasteiger partial charge in [0.15, 0.2) is 0 Å². The van der Waals surface area contributed by atoms with Gasteiger partial charge < -0.3 is 10.6 Å². The fraction of sp³-hybridized carbons (Fsp3) is 0.643. The smallest absolute Gasteiger partial charge is 0.230 e. The van der Waals surface area contributed by atoms with Gasteiger partial charge in [-0.15, -0.1) is 11.3 Å². The van der Waals surface area contributed by atoms with Crippen molar-refractivity contribution in [2.75, 3.05) is 13.1 Å². The molecule has 4 heteroatoms. The summed E-state index contributed by atoms with van der Waals surface area (Å²) in [7, 11) is 0. The Balaban J connectivity index is 1.88. The van der Waals surface area contributed by atoms with Gasteiger partial charge in [-0.3, -0.25) is 4.79 Å². The molecule has 3 rings (SSSR count). The lowest BCUT2D eigenvalue weighted by Gasteiger charge is -2.37. The SMILES string of the molecule is CCC1c2ccsc2CCN1C(=O)C1(CN)CC1. The summed E-state index contributed by atoms with van der Waals surface area (Å²) in [6.07, 6.45) is 3.96. The van der Waals surface area contributed by atoms with E-state index in [4.69, 9.17) is 5.73 Å². The molecule has 18 heavy (non-hydrogen) atoms. The van der Waals surface area contributed by atoms with E-state index >= 15 is 0 Å². The highest BCUT2D eigenvalue weighted by Gasteiger charge is 2.51. The molecular formula is C14H20N2OS. The number of hydrogen-bond donors (Lipinski definition) is 1. The molecule has 1 amide bonds. The zero-order valence-electron chi connectivity index (χ0n) is 10.8. The highest BCUT2D eigenvalue weighted by molar-refractivity contribution is 7.10. The van der Waals surface area contributed by atoms with Crippen LogP contribution in [0.1, 0.15) is 42.7 Å².